The molecule has 2 aliphatic heterocycles. The molecule has 1 aromatic carbocycles. The van der Waals surface area contributed by atoms with Gasteiger partial charge in [0.2, 0.25) is 0 Å². The van der Waals surface area contributed by atoms with Gasteiger partial charge in [0.1, 0.15) is 5.54 Å². The molecule has 1 aromatic heterocycles. The van der Waals surface area contributed by atoms with Crippen molar-refractivity contribution in [3.05, 3.63) is 38.8 Å². The van der Waals surface area contributed by atoms with Gasteiger partial charge in [-0.1, -0.05) is 11.6 Å². The van der Waals surface area contributed by atoms with Crippen LogP contribution in [0, 0.1) is 0 Å². The molecule has 2 aliphatic rings. The number of fused-ring (bicyclic) bond motifs is 1. The van der Waals surface area contributed by atoms with Crippen LogP contribution in [0.25, 0.3) is 11.0 Å². The van der Waals surface area contributed by atoms with E-state index in [0.717, 1.165) is 0 Å². The van der Waals surface area contributed by atoms with Gasteiger partial charge in [-0.25, -0.2) is 9.78 Å². The minimum atomic E-state index is -1.31. The number of halogens is 1. The van der Waals surface area contributed by atoms with Gasteiger partial charge in [-0.05, 0) is 26.0 Å². The van der Waals surface area contributed by atoms with E-state index in [1.807, 2.05) is 13.8 Å². The first-order chi connectivity index (χ1) is 13.3. The zero-order valence-electron chi connectivity index (χ0n) is 15.3. The van der Waals surface area contributed by atoms with Crippen molar-refractivity contribution >= 4 is 40.5 Å². The number of amides is 4. The smallest absolute Gasteiger partial charge is 0.322 e. The second-order valence-corrected chi connectivity index (χ2v) is 7.22. The fourth-order valence-electron chi connectivity index (χ4n) is 3.96. The molecule has 0 radical (unpaired) electrons. The number of benzene rings is 1. The SMILES string of the molecule is CCN(CC)C(=O)c1nc2cc(Cl)cc3c2n(c1=O)CCC31NC(=O)NC1=O. The Balaban J connectivity index is 2.01. The first-order valence-electron chi connectivity index (χ1n) is 8.99. The van der Waals surface area contributed by atoms with E-state index >= 15 is 0 Å². The van der Waals surface area contributed by atoms with E-state index in [1.165, 1.54) is 9.47 Å². The molecule has 10 heteroatoms. The predicted octanol–water partition coefficient (Wildman–Crippen LogP) is 0.970. The van der Waals surface area contributed by atoms with Crippen LogP contribution in [0.2, 0.25) is 5.02 Å². The van der Waals surface area contributed by atoms with Gasteiger partial charge in [0.15, 0.2) is 5.69 Å². The fourth-order valence-corrected chi connectivity index (χ4v) is 4.17. The van der Waals surface area contributed by atoms with Gasteiger partial charge in [-0.15, -0.1) is 0 Å². The van der Waals surface area contributed by atoms with Gasteiger partial charge in [0.05, 0.1) is 11.0 Å². The van der Waals surface area contributed by atoms with Gasteiger partial charge in [0.25, 0.3) is 17.4 Å². The van der Waals surface area contributed by atoms with Gasteiger partial charge in [-0.2, -0.15) is 0 Å². The second-order valence-electron chi connectivity index (χ2n) is 6.78. The number of nitrogens with one attached hydrogen (secondary N) is 2. The average Bonchev–Trinajstić information content (AvgIpc) is 2.94. The number of aryl methyl sites for hydroxylation is 1. The van der Waals surface area contributed by atoms with E-state index in [0.29, 0.717) is 29.7 Å². The molecule has 3 heterocycles. The van der Waals surface area contributed by atoms with Crippen LogP contribution in [0.15, 0.2) is 16.9 Å². The fraction of sp³-hybridized carbons (Fsp3) is 0.389. The van der Waals surface area contributed by atoms with Gasteiger partial charge in [0, 0.05) is 36.6 Å². The van der Waals surface area contributed by atoms with Crippen LogP contribution in [0.1, 0.15) is 36.3 Å². The highest BCUT2D eigenvalue weighted by Crippen LogP contribution is 2.39. The molecule has 0 bridgehead atoms. The molecule has 9 nitrogen and oxygen atoms in total. The summed E-state index contributed by atoms with van der Waals surface area (Å²) in [6.07, 6.45) is 0.163. The minimum Gasteiger partial charge on any atom is -0.338 e. The van der Waals surface area contributed by atoms with E-state index in [2.05, 4.69) is 15.6 Å². The van der Waals surface area contributed by atoms with Crippen LogP contribution in [0.5, 0.6) is 0 Å². The van der Waals surface area contributed by atoms with Crippen LogP contribution in [0.3, 0.4) is 0 Å². The Kier molecular flexibility index (Phi) is 4.15. The molecule has 146 valence electrons. The molecule has 1 unspecified atom stereocenters. The van der Waals surface area contributed by atoms with Crippen molar-refractivity contribution in [1.29, 1.82) is 0 Å². The predicted molar refractivity (Wildman–Crippen MR) is 101 cm³/mol. The Morgan fingerprint density at radius 3 is 2.61 bits per heavy atom. The lowest BCUT2D eigenvalue weighted by atomic mass is 9.83. The first-order valence-corrected chi connectivity index (χ1v) is 9.37. The maximum absolute atomic E-state index is 13.0. The number of carbonyl (C=O) groups excluding carboxylic acids is 3. The molecular weight excluding hydrogens is 386 g/mol. The standard InChI is InChI=1S/C18H18ClN5O4/c1-3-23(4-2)14(25)12-15(26)24-6-5-18(16(27)21-17(28)22-18)10-7-9(19)8-11(20-12)13(10)24/h7-8H,3-6H2,1-2H3,(H2,21,22,27,28). The van der Waals surface area contributed by atoms with Gasteiger partial charge >= 0.3 is 6.03 Å². The molecule has 1 atom stereocenters. The van der Waals surface area contributed by atoms with Crippen LogP contribution >= 0.6 is 11.6 Å². The van der Waals surface area contributed by atoms with Crippen LogP contribution in [0.4, 0.5) is 4.79 Å². The number of urea groups is 1. The zero-order valence-corrected chi connectivity index (χ0v) is 16.1. The van der Waals surface area contributed by atoms with Crippen molar-refractivity contribution in [2.45, 2.75) is 32.4 Å². The number of nitrogens with zero attached hydrogens (tertiary/aromatic N) is 3. The van der Waals surface area contributed by atoms with Crippen molar-refractivity contribution < 1.29 is 14.4 Å². The van der Waals surface area contributed by atoms with E-state index in [-0.39, 0.29) is 23.7 Å². The molecule has 4 rings (SSSR count). The summed E-state index contributed by atoms with van der Waals surface area (Å²) < 4.78 is 1.44. The van der Waals surface area contributed by atoms with Crippen LogP contribution in [-0.4, -0.2) is 45.4 Å². The summed E-state index contributed by atoms with van der Waals surface area (Å²) in [4.78, 5) is 56.0. The van der Waals surface area contributed by atoms with Gasteiger partial charge in [-0.3, -0.25) is 19.7 Å². The summed E-state index contributed by atoms with van der Waals surface area (Å²) in [5.74, 6) is -0.947. The highest BCUT2D eigenvalue weighted by Gasteiger charge is 2.51. The average molecular weight is 404 g/mol. The second kappa shape index (κ2) is 6.30. The molecular formula is C18H18ClN5O4. The summed E-state index contributed by atoms with van der Waals surface area (Å²) in [5, 5.41) is 5.20. The Morgan fingerprint density at radius 2 is 2.00 bits per heavy atom. The molecule has 2 N–H and O–H groups in total. The van der Waals surface area contributed by atoms with E-state index < -0.39 is 28.9 Å². The quantitative estimate of drug-likeness (QED) is 0.741. The third-order valence-corrected chi connectivity index (χ3v) is 5.59. The van der Waals surface area contributed by atoms with E-state index in [9.17, 15) is 19.2 Å². The maximum Gasteiger partial charge on any atom is 0.322 e. The molecule has 1 saturated heterocycles. The highest BCUT2D eigenvalue weighted by atomic mass is 35.5. The molecule has 1 fully saturated rings. The lowest BCUT2D eigenvalue weighted by Crippen LogP contribution is -2.49. The third-order valence-electron chi connectivity index (χ3n) is 5.37. The highest BCUT2D eigenvalue weighted by molar-refractivity contribution is 6.31. The number of hydrogen-bond donors (Lipinski definition) is 2. The number of hydrogen-bond acceptors (Lipinski definition) is 5. The number of aromatic nitrogens is 2. The largest absolute Gasteiger partial charge is 0.338 e. The Morgan fingerprint density at radius 1 is 1.29 bits per heavy atom. The van der Waals surface area contributed by atoms with Crippen molar-refractivity contribution in [3.8, 4) is 0 Å². The molecule has 0 saturated carbocycles. The van der Waals surface area contributed by atoms with Crippen molar-refractivity contribution in [2.24, 2.45) is 0 Å². The number of rotatable bonds is 3. The minimum absolute atomic E-state index is 0.152. The van der Waals surface area contributed by atoms with Gasteiger partial charge < -0.3 is 14.8 Å². The lowest BCUT2D eigenvalue weighted by molar-refractivity contribution is -0.124. The molecule has 0 aliphatic carbocycles. The van der Waals surface area contributed by atoms with Crippen molar-refractivity contribution in [2.75, 3.05) is 13.1 Å². The first kappa shape index (κ1) is 18.4. The van der Waals surface area contributed by atoms with E-state index in [4.69, 9.17) is 11.6 Å². The summed E-state index contributed by atoms with van der Waals surface area (Å²) in [5.41, 5.74) is -0.887. The van der Waals surface area contributed by atoms with E-state index in [1.54, 1.807) is 12.1 Å². The summed E-state index contributed by atoms with van der Waals surface area (Å²) >= 11 is 6.25. The maximum atomic E-state index is 13.0. The lowest BCUT2D eigenvalue weighted by Gasteiger charge is -2.33. The monoisotopic (exact) mass is 403 g/mol. The number of carbonyl (C=O) groups is 3. The molecule has 4 amide bonds. The zero-order chi connectivity index (χ0) is 20.2. The van der Waals surface area contributed by atoms with Crippen LogP contribution < -0.4 is 16.2 Å². The molecule has 28 heavy (non-hydrogen) atoms. The third kappa shape index (κ3) is 2.42. The summed E-state index contributed by atoms with van der Waals surface area (Å²) in [6.45, 7) is 4.70. The molecule has 2 aromatic rings. The topological polar surface area (TPSA) is 113 Å². The van der Waals surface area contributed by atoms with Crippen molar-refractivity contribution in [1.82, 2.24) is 25.1 Å². The summed E-state index contributed by atoms with van der Waals surface area (Å²) in [7, 11) is 0. The van der Waals surface area contributed by atoms with Crippen molar-refractivity contribution in [3.63, 3.8) is 0 Å². The number of imide groups is 1. The Bertz CT molecular complexity index is 1110. The van der Waals surface area contributed by atoms with Crippen LogP contribution in [-0.2, 0) is 16.9 Å². The Hall–Kier alpha value is -2.94. The molecule has 1 spiro atoms. The normalized spacial score (nSPS) is 20.4. The summed E-state index contributed by atoms with van der Waals surface area (Å²) in [6, 6.07) is 2.50. The Labute approximate surface area is 164 Å².